The SMILES string of the molecule is Cc1ccc(C)c(NC(=O)CN(C)C(=O)/C=C/c2ccco2)c1. The molecule has 2 amide bonds. The molecule has 0 aliphatic heterocycles. The van der Waals surface area contributed by atoms with Crippen molar-refractivity contribution in [2.24, 2.45) is 0 Å². The molecule has 0 aliphatic carbocycles. The standard InChI is InChI=1S/C18H20N2O3/c1-13-6-7-14(2)16(11-13)19-17(21)12-20(3)18(22)9-8-15-5-4-10-23-15/h4-11H,12H2,1-3H3,(H,19,21)/b9-8+. The van der Waals surface area contributed by atoms with Crippen LogP contribution in [-0.4, -0.2) is 30.3 Å². The van der Waals surface area contributed by atoms with Gasteiger partial charge in [0.15, 0.2) is 0 Å². The van der Waals surface area contributed by atoms with Crippen molar-refractivity contribution in [3.63, 3.8) is 0 Å². The number of carbonyl (C=O) groups is 2. The highest BCUT2D eigenvalue weighted by Crippen LogP contribution is 2.16. The second kappa shape index (κ2) is 7.45. The van der Waals surface area contributed by atoms with E-state index in [0.717, 1.165) is 16.8 Å². The third-order valence-corrected chi connectivity index (χ3v) is 3.36. The maximum atomic E-state index is 12.1. The Morgan fingerprint density at radius 2 is 2.04 bits per heavy atom. The molecule has 5 nitrogen and oxygen atoms in total. The summed E-state index contributed by atoms with van der Waals surface area (Å²) in [7, 11) is 1.58. The first-order valence-corrected chi connectivity index (χ1v) is 7.29. The third-order valence-electron chi connectivity index (χ3n) is 3.36. The van der Waals surface area contributed by atoms with Gasteiger partial charge in [-0.2, -0.15) is 0 Å². The maximum absolute atomic E-state index is 12.1. The smallest absolute Gasteiger partial charge is 0.246 e. The van der Waals surface area contributed by atoms with Crippen molar-refractivity contribution in [2.75, 3.05) is 18.9 Å². The zero-order chi connectivity index (χ0) is 16.8. The van der Waals surface area contributed by atoms with E-state index in [1.165, 1.54) is 17.2 Å². The van der Waals surface area contributed by atoms with Crippen LogP contribution in [0, 0.1) is 13.8 Å². The topological polar surface area (TPSA) is 62.6 Å². The Morgan fingerprint density at radius 1 is 1.26 bits per heavy atom. The minimum atomic E-state index is -0.266. The average molecular weight is 312 g/mol. The third kappa shape index (κ3) is 4.85. The van der Waals surface area contributed by atoms with E-state index in [1.54, 1.807) is 25.3 Å². The highest BCUT2D eigenvalue weighted by molar-refractivity contribution is 5.98. The van der Waals surface area contributed by atoms with E-state index in [9.17, 15) is 9.59 Å². The van der Waals surface area contributed by atoms with Crippen LogP contribution in [0.15, 0.2) is 47.1 Å². The molecule has 0 spiro atoms. The average Bonchev–Trinajstić information content (AvgIpc) is 3.01. The van der Waals surface area contributed by atoms with Crippen LogP contribution in [0.1, 0.15) is 16.9 Å². The number of furan rings is 1. The van der Waals surface area contributed by atoms with Gasteiger partial charge >= 0.3 is 0 Å². The number of hydrogen-bond acceptors (Lipinski definition) is 3. The number of anilines is 1. The number of hydrogen-bond donors (Lipinski definition) is 1. The van der Waals surface area contributed by atoms with Gasteiger partial charge in [-0.25, -0.2) is 0 Å². The Morgan fingerprint density at radius 3 is 2.74 bits per heavy atom. The molecular formula is C18H20N2O3. The molecule has 1 heterocycles. The van der Waals surface area contributed by atoms with E-state index in [-0.39, 0.29) is 18.4 Å². The predicted molar refractivity (Wildman–Crippen MR) is 89.9 cm³/mol. The number of likely N-dealkylation sites (N-methyl/N-ethyl adjacent to an activating group) is 1. The number of amides is 2. The summed E-state index contributed by atoms with van der Waals surface area (Å²) in [4.78, 5) is 25.4. The lowest BCUT2D eigenvalue weighted by molar-refractivity contribution is -0.129. The monoisotopic (exact) mass is 312 g/mol. The molecule has 0 unspecified atom stereocenters. The molecule has 1 aromatic carbocycles. The van der Waals surface area contributed by atoms with Crippen LogP contribution >= 0.6 is 0 Å². The van der Waals surface area contributed by atoms with Crippen molar-refractivity contribution in [2.45, 2.75) is 13.8 Å². The fraction of sp³-hybridized carbons (Fsp3) is 0.222. The summed E-state index contributed by atoms with van der Waals surface area (Å²) in [5.41, 5.74) is 2.81. The van der Waals surface area contributed by atoms with Crippen molar-refractivity contribution in [1.29, 1.82) is 0 Å². The van der Waals surface area contributed by atoms with Gasteiger partial charge in [-0.05, 0) is 49.2 Å². The second-order valence-electron chi connectivity index (χ2n) is 5.41. The van der Waals surface area contributed by atoms with Crippen molar-refractivity contribution in [1.82, 2.24) is 4.90 Å². The number of carbonyl (C=O) groups excluding carboxylic acids is 2. The summed E-state index contributed by atoms with van der Waals surface area (Å²) >= 11 is 0. The van der Waals surface area contributed by atoms with E-state index in [2.05, 4.69) is 5.32 Å². The van der Waals surface area contributed by atoms with Gasteiger partial charge in [0.2, 0.25) is 11.8 Å². The highest BCUT2D eigenvalue weighted by atomic mass is 16.3. The van der Waals surface area contributed by atoms with Crippen molar-refractivity contribution in [3.05, 3.63) is 59.6 Å². The lowest BCUT2D eigenvalue weighted by atomic mass is 10.1. The Balaban J connectivity index is 1.91. The largest absolute Gasteiger partial charge is 0.465 e. The van der Waals surface area contributed by atoms with Crippen LogP contribution in [0.4, 0.5) is 5.69 Å². The summed E-state index contributed by atoms with van der Waals surface area (Å²) in [6, 6.07) is 9.33. The molecule has 0 fully saturated rings. The molecule has 2 rings (SSSR count). The van der Waals surface area contributed by atoms with Crippen molar-refractivity contribution >= 4 is 23.6 Å². The Hall–Kier alpha value is -2.82. The van der Waals surface area contributed by atoms with Crippen molar-refractivity contribution in [3.8, 4) is 0 Å². The summed E-state index contributed by atoms with van der Waals surface area (Å²) in [5.74, 6) is 0.0880. The van der Waals surface area contributed by atoms with E-state index in [4.69, 9.17) is 4.42 Å². The summed E-state index contributed by atoms with van der Waals surface area (Å²) in [6.07, 6.45) is 4.48. The molecule has 0 aliphatic rings. The van der Waals surface area contributed by atoms with Crippen LogP contribution in [0.5, 0.6) is 0 Å². The van der Waals surface area contributed by atoms with Gasteiger partial charge in [-0.1, -0.05) is 12.1 Å². The van der Waals surface area contributed by atoms with Gasteiger partial charge in [0, 0.05) is 18.8 Å². The fourth-order valence-electron chi connectivity index (χ4n) is 2.02. The molecule has 5 heteroatoms. The molecular weight excluding hydrogens is 292 g/mol. The molecule has 2 aromatic rings. The van der Waals surface area contributed by atoms with E-state index < -0.39 is 0 Å². The van der Waals surface area contributed by atoms with E-state index in [0.29, 0.717) is 5.76 Å². The van der Waals surface area contributed by atoms with Crippen LogP contribution < -0.4 is 5.32 Å². The summed E-state index contributed by atoms with van der Waals surface area (Å²) in [5, 5.41) is 2.83. The molecule has 0 atom stereocenters. The Bertz CT molecular complexity index is 718. The lowest BCUT2D eigenvalue weighted by Gasteiger charge is -2.15. The number of aryl methyl sites for hydroxylation is 2. The molecule has 0 bridgehead atoms. The number of rotatable bonds is 5. The summed E-state index contributed by atoms with van der Waals surface area (Å²) < 4.78 is 5.11. The van der Waals surface area contributed by atoms with Crippen LogP contribution in [0.25, 0.3) is 6.08 Å². The molecule has 120 valence electrons. The highest BCUT2D eigenvalue weighted by Gasteiger charge is 2.11. The van der Waals surface area contributed by atoms with Gasteiger partial charge in [-0.15, -0.1) is 0 Å². The van der Waals surface area contributed by atoms with Gasteiger partial charge in [0.1, 0.15) is 5.76 Å². The summed E-state index contributed by atoms with van der Waals surface area (Å²) in [6.45, 7) is 3.87. The van der Waals surface area contributed by atoms with Crippen LogP contribution in [0.2, 0.25) is 0 Å². The molecule has 1 aromatic heterocycles. The first kappa shape index (κ1) is 16.5. The normalized spacial score (nSPS) is 10.7. The fourth-order valence-corrected chi connectivity index (χ4v) is 2.02. The molecule has 0 saturated heterocycles. The quantitative estimate of drug-likeness (QED) is 0.863. The minimum Gasteiger partial charge on any atom is -0.465 e. The Labute approximate surface area is 135 Å². The maximum Gasteiger partial charge on any atom is 0.246 e. The second-order valence-corrected chi connectivity index (χ2v) is 5.41. The van der Waals surface area contributed by atoms with Crippen LogP contribution in [-0.2, 0) is 9.59 Å². The molecule has 0 saturated carbocycles. The zero-order valence-electron chi connectivity index (χ0n) is 13.5. The lowest BCUT2D eigenvalue weighted by Crippen LogP contribution is -2.34. The molecule has 1 N–H and O–H groups in total. The molecule has 0 radical (unpaired) electrons. The van der Waals surface area contributed by atoms with E-state index >= 15 is 0 Å². The first-order valence-electron chi connectivity index (χ1n) is 7.29. The predicted octanol–water partition coefficient (Wildman–Crippen LogP) is 3.01. The van der Waals surface area contributed by atoms with Crippen LogP contribution in [0.3, 0.4) is 0 Å². The minimum absolute atomic E-state index is 0.0191. The van der Waals surface area contributed by atoms with Crippen molar-refractivity contribution < 1.29 is 14.0 Å². The Kier molecular flexibility index (Phi) is 5.36. The van der Waals surface area contributed by atoms with Gasteiger partial charge in [-0.3, -0.25) is 9.59 Å². The molecule has 23 heavy (non-hydrogen) atoms. The number of benzene rings is 1. The van der Waals surface area contributed by atoms with Gasteiger partial charge in [0.05, 0.1) is 12.8 Å². The van der Waals surface area contributed by atoms with Gasteiger partial charge < -0.3 is 14.6 Å². The van der Waals surface area contributed by atoms with Gasteiger partial charge in [0.25, 0.3) is 0 Å². The number of nitrogens with one attached hydrogen (secondary N) is 1. The van der Waals surface area contributed by atoms with E-state index in [1.807, 2.05) is 32.0 Å². The first-order chi connectivity index (χ1) is 11.0. The number of nitrogens with zero attached hydrogens (tertiary/aromatic N) is 1. The zero-order valence-corrected chi connectivity index (χ0v) is 13.5.